The lowest BCUT2D eigenvalue weighted by molar-refractivity contribution is 0.567. The zero-order valence-electron chi connectivity index (χ0n) is 9.19. The van der Waals surface area contributed by atoms with Crippen molar-refractivity contribution in [2.24, 2.45) is 5.73 Å². The molecule has 1 aromatic carbocycles. The van der Waals surface area contributed by atoms with Crippen LogP contribution in [0.25, 0.3) is 0 Å². The molecular formula is C11H16BrNO2S. The third kappa shape index (κ3) is 3.06. The molecule has 0 spiro atoms. The van der Waals surface area contributed by atoms with E-state index < -0.39 is 9.84 Å². The van der Waals surface area contributed by atoms with Gasteiger partial charge in [-0.2, -0.15) is 0 Å². The molecule has 16 heavy (non-hydrogen) atoms. The molecular weight excluding hydrogens is 290 g/mol. The van der Waals surface area contributed by atoms with E-state index in [4.69, 9.17) is 5.73 Å². The molecule has 1 rings (SSSR count). The minimum absolute atomic E-state index is 0.371. The molecule has 0 aliphatic heterocycles. The average Bonchev–Trinajstić information content (AvgIpc) is 2.26. The Labute approximate surface area is 105 Å². The fourth-order valence-corrected chi connectivity index (χ4v) is 3.63. The van der Waals surface area contributed by atoms with E-state index in [-0.39, 0.29) is 5.25 Å². The predicted molar refractivity (Wildman–Crippen MR) is 69.1 cm³/mol. The van der Waals surface area contributed by atoms with Crippen LogP contribution in [0.4, 0.5) is 0 Å². The molecule has 0 amide bonds. The second-order valence-electron chi connectivity index (χ2n) is 3.61. The zero-order valence-corrected chi connectivity index (χ0v) is 11.6. The van der Waals surface area contributed by atoms with Gasteiger partial charge in [0.15, 0.2) is 9.84 Å². The number of nitrogens with two attached hydrogens (primary N) is 1. The second kappa shape index (κ2) is 5.80. The van der Waals surface area contributed by atoms with E-state index in [2.05, 4.69) is 15.9 Å². The highest BCUT2D eigenvalue weighted by molar-refractivity contribution is 9.10. The van der Waals surface area contributed by atoms with Gasteiger partial charge in [-0.1, -0.05) is 22.9 Å². The third-order valence-corrected chi connectivity index (χ3v) is 5.43. The summed E-state index contributed by atoms with van der Waals surface area (Å²) in [5.41, 5.74) is 5.43. The predicted octanol–water partition coefficient (Wildman–Crippen LogP) is 2.35. The highest BCUT2D eigenvalue weighted by Crippen LogP contribution is 2.22. The van der Waals surface area contributed by atoms with Gasteiger partial charge in [0.05, 0.1) is 10.1 Å². The first-order valence-electron chi connectivity index (χ1n) is 5.22. The van der Waals surface area contributed by atoms with Crippen LogP contribution >= 0.6 is 15.9 Å². The van der Waals surface area contributed by atoms with Crippen LogP contribution in [0.2, 0.25) is 0 Å². The molecule has 0 saturated carbocycles. The van der Waals surface area contributed by atoms with Gasteiger partial charge in [0, 0.05) is 4.47 Å². The number of rotatable bonds is 5. The van der Waals surface area contributed by atoms with Crippen LogP contribution in [0.1, 0.15) is 19.8 Å². The largest absolute Gasteiger partial charge is 0.330 e. The summed E-state index contributed by atoms with van der Waals surface area (Å²) in [6, 6.07) is 6.72. The van der Waals surface area contributed by atoms with Crippen molar-refractivity contribution in [1.29, 1.82) is 0 Å². The van der Waals surface area contributed by atoms with Crippen LogP contribution in [0.5, 0.6) is 0 Å². The van der Waals surface area contributed by atoms with Crippen molar-refractivity contribution < 1.29 is 8.42 Å². The first kappa shape index (κ1) is 13.7. The lowest BCUT2D eigenvalue weighted by Crippen LogP contribution is -2.23. The Morgan fingerprint density at radius 2 is 1.88 bits per heavy atom. The summed E-state index contributed by atoms with van der Waals surface area (Å²) in [5.74, 6) is 0. The summed E-state index contributed by atoms with van der Waals surface area (Å²) in [4.78, 5) is 0.371. The lowest BCUT2D eigenvalue weighted by atomic mass is 10.2. The van der Waals surface area contributed by atoms with E-state index >= 15 is 0 Å². The normalized spacial score (nSPS) is 13.7. The maximum absolute atomic E-state index is 12.2. The molecule has 0 bridgehead atoms. The molecule has 90 valence electrons. The Balaban J connectivity index is 3.04. The van der Waals surface area contributed by atoms with E-state index in [0.717, 1.165) is 4.47 Å². The van der Waals surface area contributed by atoms with Gasteiger partial charge in [0.25, 0.3) is 0 Å². The van der Waals surface area contributed by atoms with Gasteiger partial charge in [-0.3, -0.25) is 0 Å². The molecule has 2 N–H and O–H groups in total. The van der Waals surface area contributed by atoms with E-state index in [1.165, 1.54) is 0 Å². The van der Waals surface area contributed by atoms with Crippen molar-refractivity contribution in [2.75, 3.05) is 6.54 Å². The summed E-state index contributed by atoms with van der Waals surface area (Å²) in [7, 11) is -3.23. The number of benzene rings is 1. The van der Waals surface area contributed by atoms with Gasteiger partial charge >= 0.3 is 0 Å². The fraction of sp³-hybridized carbons (Fsp3) is 0.455. The number of halogens is 1. The fourth-order valence-electron chi connectivity index (χ4n) is 1.58. The smallest absolute Gasteiger partial charge is 0.181 e. The van der Waals surface area contributed by atoms with Gasteiger partial charge in [-0.15, -0.1) is 0 Å². The van der Waals surface area contributed by atoms with Crippen LogP contribution in [0.3, 0.4) is 0 Å². The van der Waals surface area contributed by atoms with E-state index in [1.54, 1.807) is 24.3 Å². The van der Waals surface area contributed by atoms with Crippen molar-refractivity contribution in [2.45, 2.75) is 29.9 Å². The van der Waals surface area contributed by atoms with Gasteiger partial charge in [0.1, 0.15) is 0 Å². The molecule has 5 heteroatoms. The Morgan fingerprint density at radius 1 is 1.31 bits per heavy atom. The molecule has 0 aromatic heterocycles. The first-order valence-corrected chi connectivity index (χ1v) is 7.55. The summed E-state index contributed by atoms with van der Waals surface area (Å²) in [5, 5.41) is -0.376. The molecule has 1 atom stereocenters. The topological polar surface area (TPSA) is 60.2 Å². The molecule has 0 radical (unpaired) electrons. The van der Waals surface area contributed by atoms with Crippen LogP contribution in [-0.4, -0.2) is 20.2 Å². The van der Waals surface area contributed by atoms with E-state index in [9.17, 15) is 8.42 Å². The Kier molecular flexibility index (Phi) is 4.95. The van der Waals surface area contributed by atoms with Crippen LogP contribution in [0.15, 0.2) is 33.6 Å². The van der Waals surface area contributed by atoms with Crippen LogP contribution in [-0.2, 0) is 9.84 Å². The van der Waals surface area contributed by atoms with Crippen LogP contribution < -0.4 is 5.73 Å². The number of hydrogen-bond donors (Lipinski definition) is 1. The Hall–Kier alpha value is -0.390. The summed E-state index contributed by atoms with van der Waals surface area (Å²) < 4.78 is 25.3. The summed E-state index contributed by atoms with van der Waals surface area (Å²) in [6.45, 7) is 2.27. The number of hydrogen-bond acceptors (Lipinski definition) is 3. The van der Waals surface area contributed by atoms with Crippen molar-refractivity contribution in [3.8, 4) is 0 Å². The highest BCUT2D eigenvalue weighted by atomic mass is 79.9. The first-order chi connectivity index (χ1) is 7.52. The quantitative estimate of drug-likeness (QED) is 0.908. The molecule has 0 aliphatic rings. The van der Waals surface area contributed by atoms with Crippen molar-refractivity contribution in [1.82, 2.24) is 0 Å². The maximum atomic E-state index is 12.2. The minimum Gasteiger partial charge on any atom is -0.330 e. The van der Waals surface area contributed by atoms with Gasteiger partial charge in [-0.05, 0) is 43.7 Å². The standard InChI is InChI=1S/C11H16BrNO2S/c1-2-10(7-8-13)16(14,15)11-5-3-9(12)4-6-11/h3-6,10H,2,7-8,13H2,1H3. The zero-order chi connectivity index (χ0) is 12.2. The average molecular weight is 306 g/mol. The monoisotopic (exact) mass is 305 g/mol. The molecule has 0 fully saturated rings. The van der Waals surface area contributed by atoms with Crippen molar-refractivity contribution in [3.05, 3.63) is 28.7 Å². The van der Waals surface area contributed by atoms with Crippen molar-refractivity contribution in [3.63, 3.8) is 0 Å². The molecule has 1 aromatic rings. The molecule has 3 nitrogen and oxygen atoms in total. The molecule has 0 aliphatic carbocycles. The molecule has 0 heterocycles. The third-order valence-electron chi connectivity index (χ3n) is 2.52. The Bertz CT molecular complexity index is 428. The van der Waals surface area contributed by atoms with Gasteiger partial charge in [0.2, 0.25) is 0 Å². The summed E-state index contributed by atoms with van der Waals surface area (Å²) in [6.07, 6.45) is 1.10. The maximum Gasteiger partial charge on any atom is 0.181 e. The second-order valence-corrected chi connectivity index (χ2v) is 6.75. The summed E-state index contributed by atoms with van der Waals surface area (Å²) >= 11 is 3.28. The minimum atomic E-state index is -3.23. The lowest BCUT2D eigenvalue weighted by Gasteiger charge is -2.14. The van der Waals surface area contributed by atoms with Crippen molar-refractivity contribution >= 4 is 25.8 Å². The van der Waals surface area contributed by atoms with Gasteiger partial charge < -0.3 is 5.73 Å². The number of sulfone groups is 1. The van der Waals surface area contributed by atoms with E-state index in [1.807, 2.05) is 6.92 Å². The molecule has 1 unspecified atom stereocenters. The molecule has 0 saturated heterocycles. The SMILES string of the molecule is CCC(CCN)S(=O)(=O)c1ccc(Br)cc1. The van der Waals surface area contributed by atoms with Crippen LogP contribution in [0, 0.1) is 0 Å². The van der Waals surface area contributed by atoms with Gasteiger partial charge in [-0.25, -0.2) is 8.42 Å². The van der Waals surface area contributed by atoms with E-state index in [0.29, 0.717) is 24.3 Å². The highest BCUT2D eigenvalue weighted by Gasteiger charge is 2.24. The Morgan fingerprint density at radius 3 is 2.31 bits per heavy atom.